The van der Waals surface area contributed by atoms with Crippen LogP contribution in [0.25, 0.3) is 11.1 Å². The molecule has 1 N–H and O–H groups in total. The number of benzene rings is 2. The monoisotopic (exact) mass is 252 g/mol. The van der Waals surface area contributed by atoms with Crippen LogP contribution in [0.2, 0.25) is 0 Å². The summed E-state index contributed by atoms with van der Waals surface area (Å²) in [5.41, 5.74) is 5.98. The fourth-order valence-corrected chi connectivity index (χ4v) is 2.76. The summed E-state index contributed by atoms with van der Waals surface area (Å²) < 4.78 is 0. The molecule has 0 heterocycles. The predicted molar refractivity (Wildman–Crippen MR) is 75.7 cm³/mol. The molecule has 1 aliphatic carbocycles. The lowest BCUT2D eigenvalue weighted by Crippen LogP contribution is -1.91. The van der Waals surface area contributed by atoms with E-state index in [9.17, 15) is 9.90 Å². The van der Waals surface area contributed by atoms with Crippen molar-refractivity contribution in [3.63, 3.8) is 0 Å². The molecule has 2 aromatic rings. The minimum atomic E-state index is 0.250. The zero-order valence-electron chi connectivity index (χ0n) is 11.2. The fraction of sp³-hybridized carbons (Fsp3) is 0.235. The van der Waals surface area contributed by atoms with Crippen LogP contribution in [0.4, 0.5) is 0 Å². The molecular weight excluding hydrogens is 236 g/mol. The van der Waals surface area contributed by atoms with Crippen molar-refractivity contribution in [2.75, 3.05) is 0 Å². The minimum absolute atomic E-state index is 0.250. The van der Waals surface area contributed by atoms with Crippen molar-refractivity contribution in [3.05, 3.63) is 52.6 Å². The number of ketones is 1. The Labute approximate surface area is 112 Å². The third-order valence-corrected chi connectivity index (χ3v) is 3.85. The summed E-state index contributed by atoms with van der Waals surface area (Å²) in [4.78, 5) is 11.6. The predicted octanol–water partition coefficient (Wildman–Crippen LogP) is 3.80. The smallest absolute Gasteiger partial charge is 0.163 e. The third-order valence-electron chi connectivity index (χ3n) is 3.85. The molecule has 0 saturated heterocycles. The summed E-state index contributed by atoms with van der Waals surface area (Å²) in [6.07, 6.45) is 1.48. The summed E-state index contributed by atoms with van der Waals surface area (Å²) in [7, 11) is 0. The highest BCUT2D eigenvalue weighted by Crippen LogP contribution is 2.32. The van der Waals surface area contributed by atoms with Gasteiger partial charge in [0.2, 0.25) is 0 Å². The Kier molecular flexibility index (Phi) is 2.67. The van der Waals surface area contributed by atoms with Gasteiger partial charge in [0.25, 0.3) is 0 Å². The van der Waals surface area contributed by atoms with E-state index in [1.807, 2.05) is 38.1 Å². The van der Waals surface area contributed by atoms with Crippen molar-refractivity contribution in [2.24, 2.45) is 0 Å². The van der Waals surface area contributed by atoms with Gasteiger partial charge < -0.3 is 5.11 Å². The lowest BCUT2D eigenvalue weighted by molar-refractivity contribution is 0.0994. The molecule has 2 nitrogen and oxygen atoms in total. The number of hydrogen-bond acceptors (Lipinski definition) is 2. The molecule has 19 heavy (non-hydrogen) atoms. The van der Waals surface area contributed by atoms with Gasteiger partial charge in [0, 0.05) is 12.0 Å². The van der Waals surface area contributed by atoms with E-state index in [4.69, 9.17) is 0 Å². The quantitative estimate of drug-likeness (QED) is 0.838. The van der Waals surface area contributed by atoms with Gasteiger partial charge in [0.1, 0.15) is 5.75 Å². The molecule has 0 amide bonds. The zero-order valence-corrected chi connectivity index (χ0v) is 11.2. The van der Waals surface area contributed by atoms with Crippen LogP contribution in [-0.4, -0.2) is 10.9 Å². The first-order valence-electron chi connectivity index (χ1n) is 6.53. The highest BCUT2D eigenvalue weighted by Gasteiger charge is 2.19. The molecule has 0 saturated carbocycles. The summed E-state index contributed by atoms with van der Waals surface area (Å²) in [6, 6.07) is 10.00. The molecule has 3 rings (SSSR count). The molecular formula is C17H16O2. The Bertz CT molecular complexity index is 661. The Morgan fingerprint density at radius 3 is 2.32 bits per heavy atom. The van der Waals surface area contributed by atoms with Gasteiger partial charge in [0.05, 0.1) is 0 Å². The SMILES string of the molecule is Cc1cc(-c2ccc3c(c2)CCC3=O)cc(C)c1O. The van der Waals surface area contributed by atoms with E-state index in [1.165, 1.54) is 0 Å². The summed E-state index contributed by atoms with van der Waals surface area (Å²) in [5.74, 6) is 0.611. The van der Waals surface area contributed by atoms with E-state index in [1.54, 1.807) is 0 Å². The first-order valence-corrected chi connectivity index (χ1v) is 6.53. The van der Waals surface area contributed by atoms with Crippen LogP contribution < -0.4 is 0 Å². The van der Waals surface area contributed by atoms with Crippen LogP contribution in [0.15, 0.2) is 30.3 Å². The maximum absolute atomic E-state index is 11.6. The van der Waals surface area contributed by atoms with Gasteiger partial charge in [-0.1, -0.05) is 18.2 Å². The number of rotatable bonds is 1. The second kappa shape index (κ2) is 4.23. The average molecular weight is 252 g/mol. The van der Waals surface area contributed by atoms with Crippen molar-refractivity contribution in [2.45, 2.75) is 26.7 Å². The molecule has 0 atom stereocenters. The Morgan fingerprint density at radius 1 is 0.947 bits per heavy atom. The highest BCUT2D eigenvalue weighted by atomic mass is 16.3. The maximum atomic E-state index is 11.6. The van der Waals surface area contributed by atoms with Gasteiger partial charge in [-0.3, -0.25) is 4.79 Å². The average Bonchev–Trinajstić information content (AvgIpc) is 2.76. The lowest BCUT2D eigenvalue weighted by atomic mass is 9.97. The van der Waals surface area contributed by atoms with Crippen LogP contribution in [0.1, 0.15) is 33.5 Å². The molecule has 0 spiro atoms. The minimum Gasteiger partial charge on any atom is -0.507 e. The van der Waals surface area contributed by atoms with E-state index in [-0.39, 0.29) is 5.78 Å². The van der Waals surface area contributed by atoms with Crippen LogP contribution >= 0.6 is 0 Å². The number of aromatic hydroxyl groups is 1. The Balaban J connectivity index is 2.11. The van der Waals surface area contributed by atoms with Crippen LogP contribution in [0.3, 0.4) is 0 Å². The van der Waals surface area contributed by atoms with Gasteiger partial charge in [-0.2, -0.15) is 0 Å². The first kappa shape index (κ1) is 12.0. The normalized spacial score (nSPS) is 13.7. The van der Waals surface area contributed by atoms with Gasteiger partial charge in [-0.25, -0.2) is 0 Å². The molecule has 96 valence electrons. The number of Topliss-reactive ketones (excluding diaryl/α,β-unsaturated/α-hetero) is 1. The topological polar surface area (TPSA) is 37.3 Å². The van der Waals surface area contributed by atoms with E-state index >= 15 is 0 Å². The molecule has 2 heteroatoms. The summed E-state index contributed by atoms with van der Waals surface area (Å²) >= 11 is 0. The Morgan fingerprint density at radius 2 is 1.63 bits per heavy atom. The van der Waals surface area contributed by atoms with E-state index in [0.29, 0.717) is 12.2 Å². The van der Waals surface area contributed by atoms with Crippen LogP contribution in [-0.2, 0) is 6.42 Å². The Hall–Kier alpha value is -2.09. The van der Waals surface area contributed by atoms with Gasteiger partial charge in [-0.15, -0.1) is 0 Å². The van der Waals surface area contributed by atoms with Gasteiger partial charge in [0.15, 0.2) is 5.78 Å². The van der Waals surface area contributed by atoms with E-state index in [0.717, 1.165) is 39.8 Å². The van der Waals surface area contributed by atoms with E-state index in [2.05, 4.69) is 6.07 Å². The van der Waals surface area contributed by atoms with Crippen LogP contribution in [0, 0.1) is 13.8 Å². The van der Waals surface area contributed by atoms with Crippen molar-refractivity contribution in [3.8, 4) is 16.9 Å². The fourth-order valence-electron chi connectivity index (χ4n) is 2.76. The zero-order chi connectivity index (χ0) is 13.6. The van der Waals surface area contributed by atoms with Crippen molar-refractivity contribution in [1.29, 1.82) is 0 Å². The first-order chi connectivity index (χ1) is 9.06. The molecule has 0 radical (unpaired) electrons. The molecule has 0 fully saturated rings. The number of hydrogen-bond donors (Lipinski definition) is 1. The molecule has 1 aliphatic rings. The number of phenols is 1. The highest BCUT2D eigenvalue weighted by molar-refractivity contribution is 6.01. The molecule has 0 bridgehead atoms. The number of aryl methyl sites for hydroxylation is 3. The largest absolute Gasteiger partial charge is 0.507 e. The number of carbonyl (C=O) groups is 1. The second-order valence-corrected chi connectivity index (χ2v) is 5.25. The number of phenolic OH excluding ortho intramolecular Hbond substituents is 1. The number of fused-ring (bicyclic) bond motifs is 1. The molecule has 2 aromatic carbocycles. The lowest BCUT2D eigenvalue weighted by Gasteiger charge is -2.09. The standard InChI is InChI=1S/C17H16O2/c1-10-7-14(8-11(2)17(10)19)12-3-5-15-13(9-12)4-6-16(15)18/h3,5,7-9,19H,4,6H2,1-2H3. The number of carbonyl (C=O) groups excluding carboxylic acids is 1. The van der Waals surface area contributed by atoms with E-state index < -0.39 is 0 Å². The summed E-state index contributed by atoms with van der Waals surface area (Å²) in [6.45, 7) is 3.81. The van der Waals surface area contributed by atoms with Crippen LogP contribution in [0.5, 0.6) is 5.75 Å². The van der Waals surface area contributed by atoms with Crippen molar-refractivity contribution < 1.29 is 9.90 Å². The summed E-state index contributed by atoms with van der Waals surface area (Å²) in [5, 5.41) is 9.82. The molecule has 0 aromatic heterocycles. The second-order valence-electron chi connectivity index (χ2n) is 5.25. The van der Waals surface area contributed by atoms with Crippen molar-refractivity contribution in [1.82, 2.24) is 0 Å². The van der Waals surface area contributed by atoms with Crippen molar-refractivity contribution >= 4 is 5.78 Å². The van der Waals surface area contributed by atoms with Gasteiger partial charge in [-0.05, 0) is 60.2 Å². The molecule has 0 aliphatic heterocycles. The van der Waals surface area contributed by atoms with Gasteiger partial charge >= 0.3 is 0 Å². The third kappa shape index (κ3) is 1.93. The molecule has 0 unspecified atom stereocenters. The maximum Gasteiger partial charge on any atom is 0.163 e.